The molecule has 2 aliphatic rings. The molecule has 0 aromatic carbocycles. The molecule has 2 atom stereocenters. The molecule has 0 amide bonds. The number of halogens is 3. The summed E-state index contributed by atoms with van der Waals surface area (Å²) in [4.78, 5) is 10.5. The van der Waals surface area contributed by atoms with Gasteiger partial charge in [-0.15, -0.1) is 0 Å². The summed E-state index contributed by atoms with van der Waals surface area (Å²) in [5, 5.41) is 3.06. The Balaban J connectivity index is 1.86. The molecule has 2 aliphatic heterocycles. The van der Waals surface area contributed by atoms with Crippen molar-refractivity contribution in [1.29, 1.82) is 0 Å². The zero-order chi connectivity index (χ0) is 11.1. The maximum atomic E-state index is 11.8. The molecule has 0 radical (unpaired) electrons. The first-order valence-electron chi connectivity index (χ1n) is 4.53. The Kier molecular flexibility index (Phi) is 2.38. The van der Waals surface area contributed by atoms with Crippen molar-refractivity contribution in [2.24, 2.45) is 0 Å². The molecule has 4 nitrogen and oxygen atoms in total. The van der Waals surface area contributed by atoms with E-state index in [2.05, 4.69) is 10.1 Å². The summed E-state index contributed by atoms with van der Waals surface area (Å²) in [5.74, 6) is -2.16. The van der Waals surface area contributed by atoms with Crippen LogP contribution in [0.3, 0.4) is 0 Å². The van der Waals surface area contributed by atoms with Gasteiger partial charge < -0.3 is 14.8 Å². The second-order valence-electron chi connectivity index (χ2n) is 3.85. The standard InChI is InChI=1S/C8H10F3NO3/c9-8(10,11)6(13)14-4-7-1-5(2-15-7)12-3-7/h5,12H,1-4H2/t5-,7-/m1/s1. The Bertz CT molecular complexity index is 271. The molecule has 1 N–H and O–H groups in total. The molecule has 7 heteroatoms. The molecule has 0 saturated carbocycles. The normalized spacial score (nSPS) is 34.5. The van der Waals surface area contributed by atoms with Gasteiger partial charge in [0.2, 0.25) is 0 Å². The topological polar surface area (TPSA) is 47.6 Å². The number of alkyl halides is 3. The van der Waals surface area contributed by atoms with E-state index in [1.165, 1.54) is 0 Å². The molecule has 2 saturated heterocycles. The third-order valence-electron chi connectivity index (χ3n) is 2.62. The van der Waals surface area contributed by atoms with E-state index in [1.54, 1.807) is 0 Å². The highest BCUT2D eigenvalue weighted by atomic mass is 19.4. The van der Waals surface area contributed by atoms with Crippen LogP contribution in [0.5, 0.6) is 0 Å². The first-order chi connectivity index (χ1) is 6.91. The van der Waals surface area contributed by atoms with Crippen molar-refractivity contribution in [1.82, 2.24) is 5.32 Å². The minimum absolute atomic E-state index is 0.176. The van der Waals surface area contributed by atoms with Gasteiger partial charge in [0.05, 0.1) is 6.61 Å². The van der Waals surface area contributed by atoms with Crippen LogP contribution in [0, 0.1) is 0 Å². The average molecular weight is 225 g/mol. The van der Waals surface area contributed by atoms with Crippen molar-refractivity contribution in [3.05, 3.63) is 0 Å². The van der Waals surface area contributed by atoms with Crippen molar-refractivity contribution in [3.8, 4) is 0 Å². The largest absolute Gasteiger partial charge is 0.490 e. The zero-order valence-electron chi connectivity index (χ0n) is 7.76. The van der Waals surface area contributed by atoms with Gasteiger partial charge in [-0.1, -0.05) is 0 Å². The summed E-state index contributed by atoms with van der Waals surface area (Å²) in [6, 6.07) is 0.176. The first-order valence-corrected chi connectivity index (χ1v) is 4.53. The van der Waals surface area contributed by atoms with Crippen LogP contribution in [0.2, 0.25) is 0 Å². The molecular formula is C8H10F3NO3. The zero-order valence-corrected chi connectivity index (χ0v) is 7.76. The van der Waals surface area contributed by atoms with E-state index < -0.39 is 17.7 Å². The number of hydrogen-bond donors (Lipinski definition) is 1. The van der Waals surface area contributed by atoms with Gasteiger partial charge in [0.25, 0.3) is 0 Å². The molecule has 15 heavy (non-hydrogen) atoms. The van der Waals surface area contributed by atoms with E-state index in [0.717, 1.165) is 0 Å². The Labute approximate surface area is 83.7 Å². The first kappa shape index (κ1) is 10.7. The van der Waals surface area contributed by atoms with Crippen molar-refractivity contribution in [2.75, 3.05) is 19.8 Å². The van der Waals surface area contributed by atoms with Crippen molar-refractivity contribution in [3.63, 3.8) is 0 Å². The quantitative estimate of drug-likeness (QED) is 0.683. The van der Waals surface area contributed by atoms with Crippen LogP contribution in [0.25, 0.3) is 0 Å². The molecule has 0 spiro atoms. The van der Waals surface area contributed by atoms with E-state index in [4.69, 9.17) is 4.74 Å². The predicted octanol–water partition coefficient (Wildman–Crippen LogP) is 0.223. The van der Waals surface area contributed by atoms with Crippen molar-refractivity contribution >= 4 is 5.97 Å². The number of fused-ring (bicyclic) bond motifs is 2. The number of hydrogen-bond acceptors (Lipinski definition) is 4. The number of carbonyl (C=O) groups excluding carboxylic acids is 1. The van der Waals surface area contributed by atoms with Crippen LogP contribution in [0.15, 0.2) is 0 Å². The van der Waals surface area contributed by atoms with Crippen LogP contribution < -0.4 is 5.32 Å². The van der Waals surface area contributed by atoms with E-state index in [9.17, 15) is 18.0 Å². The highest BCUT2D eigenvalue weighted by molar-refractivity contribution is 5.75. The lowest BCUT2D eigenvalue weighted by Gasteiger charge is -2.26. The summed E-state index contributed by atoms with van der Waals surface area (Å²) in [7, 11) is 0. The van der Waals surface area contributed by atoms with E-state index in [1.807, 2.05) is 0 Å². The van der Waals surface area contributed by atoms with Crippen LogP contribution >= 0.6 is 0 Å². The summed E-state index contributed by atoms with van der Waals surface area (Å²) in [6.45, 7) is 0.557. The van der Waals surface area contributed by atoms with Gasteiger partial charge in [-0.2, -0.15) is 13.2 Å². The second kappa shape index (κ2) is 3.34. The maximum Gasteiger partial charge on any atom is 0.490 e. The summed E-state index contributed by atoms with van der Waals surface area (Å²) in [6.07, 6.45) is -4.33. The van der Waals surface area contributed by atoms with Crippen LogP contribution in [0.1, 0.15) is 6.42 Å². The lowest BCUT2D eigenvalue weighted by Crippen LogP contribution is -2.44. The number of carbonyl (C=O) groups is 1. The number of nitrogens with one attached hydrogen (secondary N) is 1. The average Bonchev–Trinajstić information content (AvgIpc) is 2.72. The minimum Gasteiger partial charge on any atom is -0.456 e. The maximum absolute atomic E-state index is 11.8. The lowest BCUT2D eigenvalue weighted by atomic mass is 10.0. The molecule has 2 heterocycles. The minimum atomic E-state index is -4.93. The summed E-state index contributed by atoms with van der Waals surface area (Å²) < 4.78 is 45.0. The fourth-order valence-corrected chi connectivity index (χ4v) is 1.86. The Morgan fingerprint density at radius 2 is 2.33 bits per heavy atom. The van der Waals surface area contributed by atoms with Gasteiger partial charge >= 0.3 is 12.1 Å². The smallest absolute Gasteiger partial charge is 0.456 e. The fraction of sp³-hybridized carbons (Fsp3) is 0.875. The van der Waals surface area contributed by atoms with Gasteiger partial charge in [-0.25, -0.2) is 4.79 Å². The highest BCUT2D eigenvalue weighted by Crippen LogP contribution is 2.32. The number of rotatable bonds is 2. The molecule has 0 aromatic heterocycles. The van der Waals surface area contributed by atoms with Crippen molar-refractivity contribution < 1.29 is 27.4 Å². The molecule has 0 aromatic rings. The van der Waals surface area contributed by atoms with E-state index >= 15 is 0 Å². The molecule has 0 aliphatic carbocycles. The fourth-order valence-electron chi connectivity index (χ4n) is 1.86. The monoisotopic (exact) mass is 225 g/mol. The van der Waals surface area contributed by atoms with Crippen molar-refractivity contribution in [2.45, 2.75) is 24.2 Å². The third-order valence-corrected chi connectivity index (χ3v) is 2.62. The SMILES string of the molecule is O=C(OC[C@@]12CN[C@@H](CO1)C2)C(F)(F)F. The van der Waals surface area contributed by atoms with Gasteiger partial charge in [0.1, 0.15) is 12.2 Å². The molecule has 2 rings (SSSR count). The Morgan fingerprint density at radius 1 is 1.60 bits per heavy atom. The summed E-state index contributed by atoms with van der Waals surface area (Å²) in [5.41, 5.74) is -0.744. The molecular weight excluding hydrogens is 215 g/mol. The highest BCUT2D eigenvalue weighted by Gasteiger charge is 2.49. The summed E-state index contributed by atoms with van der Waals surface area (Å²) >= 11 is 0. The predicted molar refractivity (Wildman–Crippen MR) is 42.1 cm³/mol. The van der Waals surface area contributed by atoms with Gasteiger partial charge in [-0.3, -0.25) is 0 Å². The second-order valence-corrected chi connectivity index (χ2v) is 3.85. The molecule has 2 bridgehead atoms. The molecule has 86 valence electrons. The molecule has 2 fully saturated rings. The Hall–Kier alpha value is -0.820. The van der Waals surface area contributed by atoms with E-state index in [-0.39, 0.29) is 12.6 Å². The Morgan fingerprint density at radius 3 is 2.73 bits per heavy atom. The third kappa shape index (κ3) is 2.07. The number of morpholine rings is 1. The number of ether oxygens (including phenoxy) is 2. The van der Waals surface area contributed by atoms with Crippen LogP contribution in [0.4, 0.5) is 13.2 Å². The van der Waals surface area contributed by atoms with Crippen LogP contribution in [-0.4, -0.2) is 43.5 Å². The van der Waals surface area contributed by atoms with Gasteiger partial charge in [0, 0.05) is 12.6 Å². The van der Waals surface area contributed by atoms with Gasteiger partial charge in [0.15, 0.2) is 0 Å². The van der Waals surface area contributed by atoms with Gasteiger partial charge in [-0.05, 0) is 6.42 Å². The number of esters is 1. The molecule has 0 unspecified atom stereocenters. The van der Waals surface area contributed by atoms with Crippen LogP contribution in [-0.2, 0) is 14.3 Å². The van der Waals surface area contributed by atoms with E-state index in [0.29, 0.717) is 19.6 Å². The lowest BCUT2D eigenvalue weighted by molar-refractivity contribution is -0.205.